The van der Waals surface area contributed by atoms with Crippen LogP contribution >= 0.6 is 0 Å². The van der Waals surface area contributed by atoms with Crippen molar-refractivity contribution >= 4 is 0 Å². The molecule has 1 saturated heterocycles. The van der Waals surface area contributed by atoms with Gasteiger partial charge in [0.05, 0.1) is 5.60 Å². The second-order valence-electron chi connectivity index (χ2n) is 5.49. The molecule has 0 aromatic heterocycles. The van der Waals surface area contributed by atoms with E-state index in [0.717, 1.165) is 32.2 Å². The third-order valence-electron chi connectivity index (χ3n) is 4.12. The van der Waals surface area contributed by atoms with Crippen LogP contribution in [-0.4, -0.2) is 35.2 Å². The minimum atomic E-state index is -0.390. The Morgan fingerprint density at radius 2 is 1.94 bits per heavy atom. The van der Waals surface area contributed by atoms with Crippen LogP contribution in [0.5, 0.6) is 0 Å². The molecule has 1 aliphatic rings. The highest BCUT2D eigenvalue weighted by molar-refractivity contribution is 4.87. The van der Waals surface area contributed by atoms with Crippen LogP contribution in [0.1, 0.15) is 59.3 Å². The molecule has 0 aromatic rings. The fraction of sp³-hybridized carbons (Fsp3) is 1.00. The Hall–Kier alpha value is -0.0800. The molecule has 1 aliphatic heterocycles. The summed E-state index contributed by atoms with van der Waals surface area (Å²) in [5.74, 6) is 0.457. The summed E-state index contributed by atoms with van der Waals surface area (Å²) in [6, 6.07) is 0. The molecule has 2 unspecified atom stereocenters. The Morgan fingerprint density at radius 1 is 1.19 bits per heavy atom. The molecule has 0 aromatic carbocycles. The number of rotatable bonds is 5. The first-order valence-corrected chi connectivity index (χ1v) is 7.07. The summed E-state index contributed by atoms with van der Waals surface area (Å²) in [6.07, 6.45) is 6.68. The monoisotopic (exact) mass is 227 g/mol. The summed E-state index contributed by atoms with van der Waals surface area (Å²) in [4.78, 5) is 2.51. The predicted molar refractivity (Wildman–Crippen MR) is 69.6 cm³/mol. The van der Waals surface area contributed by atoms with Crippen molar-refractivity contribution in [2.75, 3.05) is 19.6 Å². The molecule has 0 bridgehead atoms. The maximum Gasteiger partial charge on any atom is 0.0685 e. The van der Waals surface area contributed by atoms with Crippen LogP contribution in [0, 0.1) is 5.92 Å². The lowest BCUT2D eigenvalue weighted by atomic mass is 9.80. The van der Waals surface area contributed by atoms with Crippen molar-refractivity contribution in [3.63, 3.8) is 0 Å². The Bertz CT molecular complexity index is 195. The lowest BCUT2D eigenvalue weighted by Crippen LogP contribution is -2.37. The van der Waals surface area contributed by atoms with Crippen molar-refractivity contribution in [2.45, 2.75) is 64.9 Å². The third kappa shape index (κ3) is 3.74. The van der Waals surface area contributed by atoms with E-state index < -0.39 is 5.60 Å². The van der Waals surface area contributed by atoms with E-state index in [1.54, 1.807) is 0 Å². The molecule has 0 spiro atoms. The van der Waals surface area contributed by atoms with Gasteiger partial charge in [0.1, 0.15) is 0 Å². The van der Waals surface area contributed by atoms with Gasteiger partial charge in [-0.15, -0.1) is 0 Å². The topological polar surface area (TPSA) is 23.5 Å². The van der Waals surface area contributed by atoms with E-state index in [2.05, 4.69) is 25.7 Å². The van der Waals surface area contributed by atoms with Crippen molar-refractivity contribution < 1.29 is 5.11 Å². The summed E-state index contributed by atoms with van der Waals surface area (Å²) in [5, 5.41) is 10.7. The van der Waals surface area contributed by atoms with Crippen molar-refractivity contribution in [2.24, 2.45) is 5.92 Å². The van der Waals surface area contributed by atoms with Crippen LogP contribution in [0.3, 0.4) is 0 Å². The molecule has 0 amide bonds. The second-order valence-corrected chi connectivity index (χ2v) is 5.49. The Balaban J connectivity index is 2.49. The smallest absolute Gasteiger partial charge is 0.0685 e. The number of hydrogen-bond donors (Lipinski definition) is 1. The van der Waals surface area contributed by atoms with Gasteiger partial charge in [-0.2, -0.15) is 0 Å². The molecule has 96 valence electrons. The maximum atomic E-state index is 10.7. The number of aliphatic hydroxyl groups is 1. The van der Waals surface area contributed by atoms with E-state index in [1.165, 1.54) is 25.9 Å². The predicted octanol–water partition coefficient (Wildman–Crippen LogP) is 3.05. The molecule has 1 fully saturated rings. The van der Waals surface area contributed by atoms with Crippen molar-refractivity contribution in [3.8, 4) is 0 Å². The summed E-state index contributed by atoms with van der Waals surface area (Å²) >= 11 is 0. The summed E-state index contributed by atoms with van der Waals surface area (Å²) < 4.78 is 0. The highest BCUT2D eigenvalue weighted by Crippen LogP contribution is 2.32. The Labute approximate surface area is 101 Å². The first-order valence-electron chi connectivity index (χ1n) is 7.07. The van der Waals surface area contributed by atoms with Gasteiger partial charge in [-0.05, 0) is 51.1 Å². The van der Waals surface area contributed by atoms with Gasteiger partial charge in [0.2, 0.25) is 0 Å². The normalized spacial score (nSPS) is 30.0. The molecule has 0 radical (unpaired) electrons. The van der Waals surface area contributed by atoms with Crippen molar-refractivity contribution in [1.29, 1.82) is 0 Å². The Kier molecular flexibility index (Phi) is 5.77. The number of likely N-dealkylation sites (tertiary alicyclic amines) is 1. The van der Waals surface area contributed by atoms with E-state index in [4.69, 9.17) is 0 Å². The zero-order valence-electron chi connectivity index (χ0n) is 11.3. The molecule has 0 saturated carbocycles. The zero-order valence-corrected chi connectivity index (χ0v) is 11.3. The summed E-state index contributed by atoms with van der Waals surface area (Å²) in [7, 11) is 0. The van der Waals surface area contributed by atoms with Gasteiger partial charge < -0.3 is 10.0 Å². The first kappa shape index (κ1) is 14.0. The molecule has 1 rings (SSSR count). The van der Waals surface area contributed by atoms with Crippen molar-refractivity contribution in [1.82, 2.24) is 4.90 Å². The average Bonchev–Trinajstić information content (AvgIpc) is 2.43. The van der Waals surface area contributed by atoms with Gasteiger partial charge >= 0.3 is 0 Å². The van der Waals surface area contributed by atoms with Gasteiger partial charge in [0.15, 0.2) is 0 Å². The maximum absolute atomic E-state index is 10.7. The molecule has 1 N–H and O–H groups in total. The van der Waals surface area contributed by atoms with Crippen molar-refractivity contribution in [3.05, 3.63) is 0 Å². The highest BCUT2D eigenvalue weighted by Gasteiger charge is 2.34. The van der Waals surface area contributed by atoms with Crippen LogP contribution < -0.4 is 0 Å². The fourth-order valence-electron chi connectivity index (χ4n) is 2.93. The zero-order chi connectivity index (χ0) is 12.0. The van der Waals surface area contributed by atoms with Crippen LogP contribution in [-0.2, 0) is 0 Å². The van der Waals surface area contributed by atoms with Gasteiger partial charge in [0.25, 0.3) is 0 Å². The van der Waals surface area contributed by atoms with Crippen LogP contribution in [0.4, 0.5) is 0 Å². The fourth-order valence-corrected chi connectivity index (χ4v) is 2.93. The van der Waals surface area contributed by atoms with E-state index in [-0.39, 0.29) is 0 Å². The largest absolute Gasteiger partial charge is 0.390 e. The average molecular weight is 227 g/mol. The SMILES string of the molecule is CCCC(C)C1(O)CCCN(CCC)CC1. The minimum absolute atomic E-state index is 0.390. The number of nitrogens with zero attached hydrogens (tertiary/aromatic N) is 1. The molecule has 16 heavy (non-hydrogen) atoms. The van der Waals surface area contributed by atoms with Gasteiger partial charge in [0, 0.05) is 6.54 Å². The van der Waals surface area contributed by atoms with Gasteiger partial charge in [-0.3, -0.25) is 0 Å². The minimum Gasteiger partial charge on any atom is -0.390 e. The third-order valence-corrected chi connectivity index (χ3v) is 4.12. The molecule has 0 aliphatic carbocycles. The highest BCUT2D eigenvalue weighted by atomic mass is 16.3. The second kappa shape index (κ2) is 6.61. The first-order chi connectivity index (χ1) is 7.62. The lowest BCUT2D eigenvalue weighted by molar-refractivity contribution is -0.0278. The van der Waals surface area contributed by atoms with E-state index in [0.29, 0.717) is 5.92 Å². The van der Waals surface area contributed by atoms with Gasteiger partial charge in [-0.1, -0.05) is 27.2 Å². The van der Waals surface area contributed by atoms with Crippen LogP contribution in [0.15, 0.2) is 0 Å². The molecule has 2 nitrogen and oxygen atoms in total. The summed E-state index contributed by atoms with van der Waals surface area (Å²) in [6.45, 7) is 10.1. The van der Waals surface area contributed by atoms with E-state index >= 15 is 0 Å². The van der Waals surface area contributed by atoms with E-state index in [9.17, 15) is 5.11 Å². The molecule has 2 heteroatoms. The Morgan fingerprint density at radius 3 is 2.56 bits per heavy atom. The quantitative estimate of drug-likeness (QED) is 0.780. The molecule has 2 atom stereocenters. The lowest BCUT2D eigenvalue weighted by Gasteiger charge is -2.33. The van der Waals surface area contributed by atoms with Gasteiger partial charge in [-0.25, -0.2) is 0 Å². The standard InChI is InChI=1S/C14H29NO/c1-4-7-13(3)14(16)8-6-11-15(10-5-2)12-9-14/h13,16H,4-12H2,1-3H3. The molecular formula is C14H29NO. The number of hydrogen-bond acceptors (Lipinski definition) is 2. The van der Waals surface area contributed by atoms with Crippen LogP contribution in [0.2, 0.25) is 0 Å². The summed E-state index contributed by atoms with van der Waals surface area (Å²) in [5.41, 5.74) is -0.390. The van der Waals surface area contributed by atoms with E-state index in [1.807, 2.05) is 0 Å². The molecular weight excluding hydrogens is 198 g/mol. The van der Waals surface area contributed by atoms with Crippen LogP contribution in [0.25, 0.3) is 0 Å². The molecule has 1 heterocycles.